The molecule has 0 atom stereocenters. The molecule has 2 nitrogen and oxygen atoms in total. The van der Waals surface area contributed by atoms with Crippen LogP contribution in [0.1, 0.15) is 11.1 Å². The van der Waals surface area contributed by atoms with Crippen molar-refractivity contribution in [2.45, 2.75) is 0 Å². The summed E-state index contributed by atoms with van der Waals surface area (Å²) in [6.07, 6.45) is 8.46. The number of para-hydroxylation sites is 2. The summed E-state index contributed by atoms with van der Waals surface area (Å²) in [6, 6.07) is 18.9. The summed E-state index contributed by atoms with van der Waals surface area (Å²) in [5.41, 5.74) is 6.61. The first-order valence-electron chi connectivity index (χ1n) is 7.76. The highest BCUT2D eigenvalue weighted by Crippen LogP contribution is 2.35. The van der Waals surface area contributed by atoms with Gasteiger partial charge in [0.2, 0.25) is 0 Å². The molecular formula is C21H14N2. The average Bonchev–Trinajstić information content (AvgIpc) is 2.94. The minimum atomic E-state index is 1.01. The molecule has 1 N–H and O–H groups in total. The zero-order valence-electron chi connectivity index (χ0n) is 12.5. The first kappa shape index (κ1) is 12.4. The summed E-state index contributed by atoms with van der Waals surface area (Å²) in [4.78, 5) is 8.49. The van der Waals surface area contributed by atoms with Gasteiger partial charge in [-0.15, -0.1) is 0 Å². The lowest BCUT2D eigenvalue weighted by Crippen LogP contribution is -1.93. The van der Waals surface area contributed by atoms with Crippen LogP contribution >= 0.6 is 0 Å². The first-order valence-corrected chi connectivity index (χ1v) is 7.76. The topological polar surface area (TPSA) is 28.7 Å². The summed E-state index contributed by atoms with van der Waals surface area (Å²) in [7, 11) is 0. The molecule has 0 unspecified atom stereocenters. The lowest BCUT2D eigenvalue weighted by Gasteiger charge is -2.09. The van der Waals surface area contributed by atoms with Crippen LogP contribution in [0.2, 0.25) is 0 Å². The van der Waals surface area contributed by atoms with E-state index in [2.05, 4.69) is 77.8 Å². The van der Waals surface area contributed by atoms with E-state index in [0.717, 1.165) is 33.4 Å². The van der Waals surface area contributed by atoms with E-state index in [1.165, 1.54) is 10.9 Å². The van der Waals surface area contributed by atoms with Gasteiger partial charge in [0.1, 0.15) is 0 Å². The monoisotopic (exact) mass is 294 g/mol. The maximum Gasteiger partial charge on any atom is 0.0950 e. The number of fused-ring (bicyclic) bond motifs is 6. The quantitative estimate of drug-likeness (QED) is 0.460. The second-order valence-corrected chi connectivity index (χ2v) is 5.80. The van der Waals surface area contributed by atoms with Gasteiger partial charge in [0.15, 0.2) is 0 Å². The van der Waals surface area contributed by atoms with Crippen molar-refractivity contribution >= 4 is 34.0 Å². The molecule has 2 heterocycles. The van der Waals surface area contributed by atoms with Crippen LogP contribution in [0.25, 0.3) is 45.3 Å². The normalized spacial score (nSPS) is 15.7. The summed E-state index contributed by atoms with van der Waals surface area (Å²) in [5.74, 6) is 0. The number of hydrogen-bond donors (Lipinski definition) is 1. The van der Waals surface area contributed by atoms with Gasteiger partial charge < -0.3 is 4.98 Å². The summed E-state index contributed by atoms with van der Waals surface area (Å²) in [6.45, 7) is 0. The molecule has 1 aliphatic rings. The van der Waals surface area contributed by atoms with Crippen molar-refractivity contribution in [2.24, 2.45) is 0 Å². The second kappa shape index (κ2) is 4.68. The summed E-state index contributed by atoms with van der Waals surface area (Å²) < 4.78 is 0. The van der Waals surface area contributed by atoms with Crippen molar-refractivity contribution in [1.29, 1.82) is 0 Å². The Kier molecular flexibility index (Phi) is 2.53. The molecule has 0 fully saturated rings. The van der Waals surface area contributed by atoms with Crippen LogP contribution < -0.4 is 0 Å². The largest absolute Gasteiger partial charge is 0.353 e. The number of pyridine rings is 1. The number of H-pyrrole nitrogens is 1. The van der Waals surface area contributed by atoms with Crippen LogP contribution in [0.4, 0.5) is 0 Å². The Labute approximate surface area is 133 Å². The molecule has 0 spiro atoms. The lowest BCUT2D eigenvalue weighted by atomic mass is 10.0. The molecule has 0 saturated carbocycles. The molecule has 0 aliphatic heterocycles. The molecule has 2 aromatic heterocycles. The molecule has 4 aromatic rings. The van der Waals surface area contributed by atoms with Gasteiger partial charge in [0, 0.05) is 27.4 Å². The lowest BCUT2D eigenvalue weighted by molar-refractivity contribution is 1.33. The highest BCUT2D eigenvalue weighted by Gasteiger charge is 2.16. The number of allylic oxidation sites excluding steroid dienone is 2. The number of hydrogen-bond acceptors (Lipinski definition) is 1. The van der Waals surface area contributed by atoms with Gasteiger partial charge in [-0.1, -0.05) is 60.7 Å². The minimum absolute atomic E-state index is 1.01. The molecule has 2 heteroatoms. The number of rotatable bonds is 0. The molecule has 108 valence electrons. The van der Waals surface area contributed by atoms with Gasteiger partial charge in [0.25, 0.3) is 0 Å². The predicted molar refractivity (Wildman–Crippen MR) is 97.1 cm³/mol. The SMILES string of the molecule is C1=C\c2cc3ccccc3nc2-c2[nH]c3ccccc3c2\C=C/1. The molecule has 0 amide bonds. The van der Waals surface area contributed by atoms with E-state index < -0.39 is 0 Å². The average molecular weight is 294 g/mol. The molecule has 0 bridgehead atoms. The van der Waals surface area contributed by atoms with E-state index >= 15 is 0 Å². The van der Waals surface area contributed by atoms with Crippen LogP contribution in [0.5, 0.6) is 0 Å². The maximum atomic E-state index is 4.94. The number of benzene rings is 2. The standard InChI is InChI=1S/C21H14N2/c1-3-10-17-16-9-4-6-12-19(16)23-21(17)20-15(8-1)13-14-7-2-5-11-18(14)22-20/h1-13,23H/b3-1?,8-1-,10-3-,15-8?,17-10?,21-20?. The van der Waals surface area contributed by atoms with Crippen LogP contribution in [0, 0.1) is 0 Å². The highest BCUT2D eigenvalue weighted by molar-refractivity contribution is 5.99. The van der Waals surface area contributed by atoms with Crippen molar-refractivity contribution in [2.75, 3.05) is 0 Å². The first-order chi connectivity index (χ1) is 11.4. The van der Waals surface area contributed by atoms with Gasteiger partial charge >= 0.3 is 0 Å². The number of nitrogens with zero attached hydrogens (tertiary/aromatic N) is 1. The minimum Gasteiger partial charge on any atom is -0.353 e. The predicted octanol–water partition coefficient (Wildman–Crippen LogP) is 5.42. The van der Waals surface area contributed by atoms with Crippen molar-refractivity contribution in [3.63, 3.8) is 0 Å². The summed E-state index contributed by atoms with van der Waals surface area (Å²) >= 11 is 0. The molecule has 5 rings (SSSR count). The Morgan fingerprint density at radius 2 is 1.65 bits per heavy atom. The zero-order valence-corrected chi connectivity index (χ0v) is 12.5. The third-order valence-corrected chi connectivity index (χ3v) is 4.39. The molecule has 0 saturated heterocycles. The van der Waals surface area contributed by atoms with Gasteiger partial charge in [-0.25, -0.2) is 4.98 Å². The third-order valence-electron chi connectivity index (χ3n) is 4.39. The Hall–Kier alpha value is -3.13. The van der Waals surface area contributed by atoms with Crippen molar-refractivity contribution < 1.29 is 0 Å². The fourth-order valence-electron chi connectivity index (χ4n) is 3.29. The van der Waals surface area contributed by atoms with Crippen LogP contribution in [-0.4, -0.2) is 9.97 Å². The number of nitrogens with one attached hydrogen (secondary N) is 1. The van der Waals surface area contributed by atoms with E-state index in [1.54, 1.807) is 0 Å². The Balaban J connectivity index is 1.92. The third kappa shape index (κ3) is 1.85. The Morgan fingerprint density at radius 1 is 0.826 bits per heavy atom. The molecule has 1 aliphatic carbocycles. The van der Waals surface area contributed by atoms with Gasteiger partial charge in [0.05, 0.1) is 16.9 Å². The molecule has 0 radical (unpaired) electrons. The second-order valence-electron chi connectivity index (χ2n) is 5.80. The van der Waals surface area contributed by atoms with E-state index in [9.17, 15) is 0 Å². The van der Waals surface area contributed by atoms with E-state index in [1.807, 2.05) is 6.07 Å². The smallest absolute Gasteiger partial charge is 0.0950 e. The van der Waals surface area contributed by atoms with Crippen molar-refractivity contribution in [3.05, 3.63) is 77.9 Å². The summed E-state index contributed by atoms with van der Waals surface area (Å²) in [5, 5.41) is 2.40. The van der Waals surface area contributed by atoms with Gasteiger partial charge in [-0.2, -0.15) is 0 Å². The Bertz CT molecular complexity index is 1110. The molecular weight excluding hydrogens is 280 g/mol. The van der Waals surface area contributed by atoms with Crippen LogP contribution in [-0.2, 0) is 0 Å². The highest BCUT2D eigenvalue weighted by atomic mass is 14.8. The van der Waals surface area contributed by atoms with E-state index in [-0.39, 0.29) is 0 Å². The van der Waals surface area contributed by atoms with Crippen molar-refractivity contribution in [1.82, 2.24) is 9.97 Å². The fourth-order valence-corrected chi connectivity index (χ4v) is 3.29. The van der Waals surface area contributed by atoms with Gasteiger partial charge in [-0.3, -0.25) is 0 Å². The van der Waals surface area contributed by atoms with E-state index in [0.29, 0.717) is 0 Å². The number of aromatic nitrogens is 2. The fraction of sp³-hybridized carbons (Fsp3) is 0. The maximum absolute atomic E-state index is 4.94. The van der Waals surface area contributed by atoms with Gasteiger partial charge in [-0.05, 0) is 18.2 Å². The zero-order chi connectivity index (χ0) is 15.2. The van der Waals surface area contributed by atoms with E-state index in [4.69, 9.17) is 4.98 Å². The number of aromatic amines is 1. The van der Waals surface area contributed by atoms with Crippen LogP contribution in [0.15, 0.2) is 66.7 Å². The van der Waals surface area contributed by atoms with Crippen LogP contribution in [0.3, 0.4) is 0 Å². The molecule has 2 aromatic carbocycles. The Morgan fingerprint density at radius 3 is 2.65 bits per heavy atom. The van der Waals surface area contributed by atoms with Crippen molar-refractivity contribution in [3.8, 4) is 11.4 Å². The molecule has 23 heavy (non-hydrogen) atoms.